The van der Waals surface area contributed by atoms with E-state index in [1.807, 2.05) is 11.5 Å². The second-order valence-corrected chi connectivity index (χ2v) is 6.77. The van der Waals surface area contributed by atoms with Crippen molar-refractivity contribution in [2.75, 3.05) is 19.6 Å². The van der Waals surface area contributed by atoms with E-state index in [4.69, 9.17) is 0 Å². The van der Waals surface area contributed by atoms with E-state index >= 15 is 0 Å². The summed E-state index contributed by atoms with van der Waals surface area (Å²) in [5, 5.41) is 3.57. The molecule has 7 heteroatoms. The highest BCUT2D eigenvalue weighted by molar-refractivity contribution is 7.89. The van der Waals surface area contributed by atoms with Crippen molar-refractivity contribution in [2.24, 2.45) is 0 Å². The predicted octanol–water partition coefficient (Wildman–Crippen LogP) is -0.188. The van der Waals surface area contributed by atoms with Crippen molar-refractivity contribution >= 4 is 10.0 Å². The number of rotatable bonds is 2. The van der Waals surface area contributed by atoms with Crippen LogP contribution in [0.4, 0.5) is 0 Å². The van der Waals surface area contributed by atoms with Gasteiger partial charge in [-0.2, -0.15) is 4.31 Å². The van der Waals surface area contributed by atoms with Crippen molar-refractivity contribution < 1.29 is 8.42 Å². The van der Waals surface area contributed by atoms with E-state index in [0.717, 1.165) is 25.2 Å². The van der Waals surface area contributed by atoms with Gasteiger partial charge < -0.3 is 9.88 Å². The minimum atomic E-state index is -3.40. The minimum Gasteiger partial charge on any atom is -0.318 e. The first-order valence-electron chi connectivity index (χ1n) is 6.37. The average Bonchev–Trinajstić information content (AvgIpc) is 2.90. The van der Waals surface area contributed by atoms with Gasteiger partial charge in [-0.15, -0.1) is 0 Å². The largest absolute Gasteiger partial charge is 0.318 e. The van der Waals surface area contributed by atoms with Crippen LogP contribution in [0.25, 0.3) is 0 Å². The third kappa shape index (κ3) is 1.77. The summed E-state index contributed by atoms with van der Waals surface area (Å²) in [6.07, 6.45) is 3.38. The van der Waals surface area contributed by atoms with Crippen LogP contribution in [0, 0.1) is 0 Å². The van der Waals surface area contributed by atoms with Gasteiger partial charge >= 0.3 is 0 Å². The maximum atomic E-state index is 12.7. The smallest absolute Gasteiger partial charge is 0.260 e. The Morgan fingerprint density at radius 3 is 3.06 bits per heavy atom. The molecule has 1 aromatic heterocycles. The van der Waals surface area contributed by atoms with Crippen LogP contribution < -0.4 is 5.32 Å². The monoisotopic (exact) mass is 270 g/mol. The molecule has 0 unspecified atom stereocenters. The van der Waals surface area contributed by atoms with Gasteiger partial charge in [0.25, 0.3) is 10.0 Å². The summed E-state index contributed by atoms with van der Waals surface area (Å²) in [7, 11) is -3.40. The molecule has 0 bridgehead atoms. The fourth-order valence-corrected chi connectivity index (χ4v) is 4.52. The summed E-state index contributed by atoms with van der Waals surface area (Å²) in [6.45, 7) is 4.66. The van der Waals surface area contributed by atoms with Crippen molar-refractivity contribution in [1.82, 2.24) is 19.2 Å². The molecular weight excluding hydrogens is 252 g/mol. The molecule has 2 aliphatic heterocycles. The molecule has 1 atom stereocenters. The topological polar surface area (TPSA) is 67.2 Å². The lowest BCUT2D eigenvalue weighted by atomic mass is 10.3. The van der Waals surface area contributed by atoms with Crippen molar-refractivity contribution in [3.63, 3.8) is 0 Å². The summed E-state index contributed by atoms with van der Waals surface area (Å²) in [6, 6.07) is -0.00342. The molecule has 6 nitrogen and oxygen atoms in total. The molecule has 0 radical (unpaired) electrons. The summed E-state index contributed by atoms with van der Waals surface area (Å²) in [5.74, 6) is 0.899. The van der Waals surface area contributed by atoms with Gasteiger partial charge in [0.1, 0.15) is 5.82 Å². The van der Waals surface area contributed by atoms with Crippen LogP contribution >= 0.6 is 0 Å². The third-order valence-electron chi connectivity index (χ3n) is 3.70. The molecule has 3 rings (SSSR count). The van der Waals surface area contributed by atoms with Crippen LogP contribution in [0.5, 0.6) is 0 Å². The quantitative estimate of drug-likeness (QED) is 0.809. The molecule has 0 spiro atoms. The Hall–Kier alpha value is -0.920. The minimum absolute atomic E-state index is 0.00342. The molecule has 0 saturated carbocycles. The highest BCUT2D eigenvalue weighted by Gasteiger charge is 2.34. The van der Waals surface area contributed by atoms with Crippen molar-refractivity contribution in [3.05, 3.63) is 12.0 Å². The number of aromatic nitrogens is 2. The number of hydrogen-bond donors (Lipinski definition) is 1. The van der Waals surface area contributed by atoms with Gasteiger partial charge in [0.05, 0.1) is 6.20 Å². The number of sulfonamides is 1. The third-order valence-corrected chi connectivity index (χ3v) is 5.71. The molecule has 0 aliphatic carbocycles. The van der Waals surface area contributed by atoms with E-state index in [9.17, 15) is 8.42 Å². The Bertz CT molecular complexity index is 551. The van der Waals surface area contributed by atoms with E-state index < -0.39 is 10.0 Å². The second-order valence-electron chi connectivity index (χ2n) is 4.94. The molecule has 2 aliphatic rings. The zero-order valence-electron chi connectivity index (χ0n) is 10.5. The van der Waals surface area contributed by atoms with Crippen LogP contribution in [0.3, 0.4) is 0 Å². The lowest BCUT2D eigenvalue weighted by Gasteiger charge is -2.32. The van der Waals surface area contributed by atoms with E-state index in [-0.39, 0.29) is 6.04 Å². The van der Waals surface area contributed by atoms with Crippen LogP contribution in [-0.2, 0) is 23.0 Å². The fraction of sp³-hybridized carbons (Fsp3) is 0.727. The molecular formula is C11H18N4O2S. The summed E-state index contributed by atoms with van der Waals surface area (Å²) >= 11 is 0. The standard InChI is InChI=1S/C11H18N4O2S/c1-9-7-12-4-6-15(9)18(16,17)11-8-13-10-3-2-5-14(10)11/h8-9,12H,2-7H2,1H3/t9-/m1/s1. The first-order valence-corrected chi connectivity index (χ1v) is 7.81. The highest BCUT2D eigenvalue weighted by atomic mass is 32.2. The Labute approximate surface area is 107 Å². The first-order chi connectivity index (χ1) is 8.60. The Morgan fingerprint density at radius 1 is 1.44 bits per heavy atom. The van der Waals surface area contributed by atoms with Gasteiger partial charge in [0.15, 0.2) is 5.03 Å². The molecule has 0 aromatic carbocycles. The van der Waals surface area contributed by atoms with Crippen molar-refractivity contribution in [2.45, 2.75) is 37.4 Å². The number of aryl methyl sites for hydroxylation is 1. The molecule has 1 N–H and O–H groups in total. The van der Waals surface area contributed by atoms with E-state index in [2.05, 4.69) is 10.3 Å². The number of nitrogens with zero attached hydrogens (tertiary/aromatic N) is 3. The summed E-state index contributed by atoms with van der Waals surface area (Å²) < 4.78 is 28.8. The number of imidazole rings is 1. The predicted molar refractivity (Wildman–Crippen MR) is 66.8 cm³/mol. The molecule has 1 aromatic rings. The zero-order valence-corrected chi connectivity index (χ0v) is 11.3. The number of hydrogen-bond acceptors (Lipinski definition) is 4. The molecule has 0 amide bonds. The van der Waals surface area contributed by atoms with Crippen LogP contribution in [-0.4, -0.2) is 48.0 Å². The fourth-order valence-electron chi connectivity index (χ4n) is 2.74. The highest BCUT2D eigenvalue weighted by Crippen LogP contribution is 2.24. The van der Waals surface area contributed by atoms with Gasteiger partial charge in [-0.1, -0.05) is 0 Å². The van der Waals surface area contributed by atoms with Crippen LogP contribution in [0.1, 0.15) is 19.2 Å². The second kappa shape index (κ2) is 4.32. The summed E-state index contributed by atoms with van der Waals surface area (Å²) in [5.41, 5.74) is 0. The lowest BCUT2D eigenvalue weighted by Crippen LogP contribution is -2.52. The van der Waals surface area contributed by atoms with Gasteiger partial charge in [-0.05, 0) is 13.3 Å². The van der Waals surface area contributed by atoms with Crippen LogP contribution in [0.2, 0.25) is 0 Å². The van der Waals surface area contributed by atoms with Gasteiger partial charge in [-0.3, -0.25) is 0 Å². The first kappa shape index (κ1) is 12.1. The van der Waals surface area contributed by atoms with Crippen LogP contribution in [0.15, 0.2) is 11.2 Å². The Kier molecular flexibility index (Phi) is 2.91. The number of fused-ring (bicyclic) bond motifs is 1. The maximum Gasteiger partial charge on any atom is 0.260 e. The molecule has 18 heavy (non-hydrogen) atoms. The zero-order chi connectivity index (χ0) is 12.8. The molecule has 3 heterocycles. The number of piperazine rings is 1. The van der Waals surface area contributed by atoms with Crippen molar-refractivity contribution in [3.8, 4) is 0 Å². The summed E-state index contributed by atoms with van der Waals surface area (Å²) in [4.78, 5) is 4.22. The van der Waals surface area contributed by atoms with Gasteiger partial charge in [0.2, 0.25) is 0 Å². The SMILES string of the molecule is C[C@@H]1CNCCN1S(=O)(=O)c1cnc2n1CCC2. The van der Waals surface area contributed by atoms with Crippen molar-refractivity contribution in [1.29, 1.82) is 0 Å². The molecule has 100 valence electrons. The van der Waals surface area contributed by atoms with E-state index in [0.29, 0.717) is 24.7 Å². The van der Waals surface area contributed by atoms with Gasteiger partial charge in [0, 0.05) is 38.6 Å². The molecule has 1 saturated heterocycles. The Balaban J connectivity index is 1.98. The Morgan fingerprint density at radius 2 is 2.28 bits per heavy atom. The number of nitrogens with one attached hydrogen (secondary N) is 1. The van der Waals surface area contributed by atoms with E-state index in [1.165, 1.54) is 6.20 Å². The van der Waals surface area contributed by atoms with E-state index in [1.54, 1.807) is 4.31 Å². The molecule has 1 fully saturated rings. The maximum absolute atomic E-state index is 12.7. The average molecular weight is 270 g/mol. The van der Waals surface area contributed by atoms with Gasteiger partial charge in [-0.25, -0.2) is 13.4 Å². The normalized spacial score (nSPS) is 25.3. The lowest BCUT2D eigenvalue weighted by molar-refractivity contribution is 0.282.